The summed E-state index contributed by atoms with van der Waals surface area (Å²) in [6.45, 7) is 4.82. The predicted molar refractivity (Wildman–Crippen MR) is 310 cm³/mol. The largest absolute Gasteiger partial charge is 0.466 e. The maximum Gasteiger partial charge on any atom is 0.305 e. The van der Waals surface area contributed by atoms with Crippen LogP contribution in [0.5, 0.6) is 0 Å². The molecule has 1 amide bonds. The number of nitrogens with one attached hydrogen (secondary N) is 1. The summed E-state index contributed by atoms with van der Waals surface area (Å²) >= 11 is 0. The number of allylic oxidation sites excluding steroid dienone is 7. The lowest BCUT2D eigenvalue weighted by atomic mass is 10.0. The monoisotopic (exact) mass is 996 g/mol. The van der Waals surface area contributed by atoms with Crippen molar-refractivity contribution in [2.45, 2.75) is 341 Å². The summed E-state index contributed by atoms with van der Waals surface area (Å²) in [6.07, 6.45) is 77.2. The van der Waals surface area contributed by atoms with Crippen LogP contribution in [0.1, 0.15) is 328 Å². The summed E-state index contributed by atoms with van der Waals surface area (Å²) in [5.74, 6) is -0.135. The molecular weight excluding hydrogens is 875 g/mol. The molecule has 0 radical (unpaired) electrons. The van der Waals surface area contributed by atoms with Crippen LogP contribution in [-0.2, 0) is 14.3 Å². The second-order valence-electron chi connectivity index (χ2n) is 21.4. The van der Waals surface area contributed by atoms with E-state index in [1.165, 1.54) is 212 Å². The highest BCUT2D eigenvalue weighted by molar-refractivity contribution is 5.76. The van der Waals surface area contributed by atoms with Crippen molar-refractivity contribution in [3.63, 3.8) is 0 Å². The fourth-order valence-corrected chi connectivity index (χ4v) is 9.48. The summed E-state index contributed by atoms with van der Waals surface area (Å²) in [5, 5.41) is 23.2. The van der Waals surface area contributed by atoms with Crippen molar-refractivity contribution in [1.29, 1.82) is 0 Å². The van der Waals surface area contributed by atoms with Crippen molar-refractivity contribution in [2.24, 2.45) is 0 Å². The van der Waals surface area contributed by atoms with Gasteiger partial charge in [-0.15, -0.1) is 0 Å². The van der Waals surface area contributed by atoms with Crippen LogP contribution in [-0.4, -0.2) is 47.4 Å². The minimum atomic E-state index is -0.866. The van der Waals surface area contributed by atoms with Gasteiger partial charge < -0.3 is 20.3 Å². The van der Waals surface area contributed by atoms with Crippen molar-refractivity contribution in [2.75, 3.05) is 13.2 Å². The van der Waals surface area contributed by atoms with Gasteiger partial charge in [-0.3, -0.25) is 9.59 Å². The third kappa shape index (κ3) is 57.0. The Balaban J connectivity index is 3.53. The molecule has 0 heterocycles. The van der Waals surface area contributed by atoms with Crippen LogP contribution in [0.2, 0.25) is 0 Å². The molecule has 0 saturated heterocycles. The van der Waals surface area contributed by atoms with Gasteiger partial charge in [-0.2, -0.15) is 0 Å². The molecule has 0 aliphatic rings. The molecule has 0 aliphatic carbocycles. The Kier molecular flexibility index (Phi) is 58.5. The standard InChI is InChI=1S/C65H121NO5/c1-3-5-7-9-11-13-15-17-19-21-23-24-25-26-27-28-29-30-32-34-37-41-45-49-53-57-63(68)62(61-67)66-64(69)58-54-50-46-42-38-36-40-44-48-52-56-60-71-65(70)59-55-51-47-43-39-35-33-31-22-20-18-16-14-12-10-8-6-4-2/h14,16,20,22,40,44,53,57,62-63,67-68H,3-13,15,17-19,21,23-39,41-43,45-52,54-56,58-61H2,1-2H3,(H,66,69)/b16-14-,22-20-,44-40-,57-53+. The van der Waals surface area contributed by atoms with Crippen LogP contribution in [0.4, 0.5) is 0 Å². The van der Waals surface area contributed by atoms with Crippen LogP contribution in [0.25, 0.3) is 0 Å². The first-order chi connectivity index (χ1) is 35.0. The summed E-state index contributed by atoms with van der Waals surface area (Å²) in [4.78, 5) is 24.6. The highest BCUT2D eigenvalue weighted by atomic mass is 16.5. The highest BCUT2D eigenvalue weighted by Gasteiger charge is 2.18. The number of ether oxygens (including phenoxy) is 1. The third-order valence-corrected chi connectivity index (χ3v) is 14.3. The maximum atomic E-state index is 12.5. The first-order valence-corrected chi connectivity index (χ1v) is 31.4. The zero-order valence-electron chi connectivity index (χ0n) is 47.5. The quantitative estimate of drug-likeness (QED) is 0.0321. The predicted octanol–water partition coefficient (Wildman–Crippen LogP) is 19.7. The van der Waals surface area contributed by atoms with Crippen LogP contribution >= 0.6 is 0 Å². The first kappa shape index (κ1) is 68.8. The van der Waals surface area contributed by atoms with E-state index >= 15 is 0 Å². The van der Waals surface area contributed by atoms with Crippen LogP contribution in [0, 0.1) is 0 Å². The molecule has 0 aromatic carbocycles. The highest BCUT2D eigenvalue weighted by Crippen LogP contribution is 2.17. The van der Waals surface area contributed by atoms with E-state index in [-0.39, 0.29) is 18.5 Å². The molecule has 0 fully saturated rings. The van der Waals surface area contributed by atoms with Gasteiger partial charge in [0, 0.05) is 12.8 Å². The number of rotatable bonds is 58. The summed E-state index contributed by atoms with van der Waals surface area (Å²) in [6, 6.07) is -0.652. The Morgan fingerprint density at radius 1 is 0.394 bits per heavy atom. The lowest BCUT2D eigenvalue weighted by Crippen LogP contribution is -2.45. The molecule has 2 unspecified atom stereocenters. The van der Waals surface area contributed by atoms with Gasteiger partial charge >= 0.3 is 5.97 Å². The molecule has 0 spiro atoms. The van der Waals surface area contributed by atoms with Crippen LogP contribution < -0.4 is 5.32 Å². The fraction of sp³-hybridized carbons (Fsp3) is 0.846. The van der Waals surface area contributed by atoms with Crippen molar-refractivity contribution in [3.05, 3.63) is 48.6 Å². The molecule has 6 nitrogen and oxygen atoms in total. The summed E-state index contributed by atoms with van der Waals surface area (Å²) < 4.78 is 5.45. The van der Waals surface area contributed by atoms with E-state index in [1.54, 1.807) is 6.08 Å². The molecule has 0 aromatic heterocycles. The Hall–Kier alpha value is -2.18. The average molecular weight is 997 g/mol. The number of esters is 1. The summed E-state index contributed by atoms with van der Waals surface area (Å²) in [7, 11) is 0. The van der Waals surface area contributed by atoms with Gasteiger partial charge in [-0.1, -0.05) is 274 Å². The van der Waals surface area contributed by atoms with Gasteiger partial charge in [-0.25, -0.2) is 0 Å². The van der Waals surface area contributed by atoms with Crippen molar-refractivity contribution in [1.82, 2.24) is 5.32 Å². The molecule has 0 aromatic rings. The normalized spacial score (nSPS) is 12.9. The van der Waals surface area contributed by atoms with Gasteiger partial charge in [0.05, 0.1) is 25.4 Å². The van der Waals surface area contributed by atoms with E-state index in [2.05, 4.69) is 55.6 Å². The van der Waals surface area contributed by atoms with E-state index in [0.29, 0.717) is 19.4 Å². The number of aliphatic hydroxyl groups is 2. The van der Waals surface area contributed by atoms with E-state index in [1.807, 2.05) is 6.08 Å². The summed E-state index contributed by atoms with van der Waals surface area (Å²) in [5.41, 5.74) is 0. The van der Waals surface area contributed by atoms with Crippen molar-refractivity contribution < 1.29 is 24.5 Å². The van der Waals surface area contributed by atoms with E-state index in [0.717, 1.165) is 89.9 Å². The van der Waals surface area contributed by atoms with E-state index in [4.69, 9.17) is 4.74 Å². The zero-order chi connectivity index (χ0) is 51.4. The van der Waals surface area contributed by atoms with E-state index < -0.39 is 12.1 Å². The molecule has 71 heavy (non-hydrogen) atoms. The second-order valence-corrected chi connectivity index (χ2v) is 21.4. The molecule has 3 N–H and O–H groups in total. The maximum absolute atomic E-state index is 12.5. The van der Waals surface area contributed by atoms with Crippen LogP contribution in [0.15, 0.2) is 48.6 Å². The Morgan fingerprint density at radius 2 is 0.704 bits per heavy atom. The number of carbonyl (C=O) groups excluding carboxylic acids is 2. The SMILES string of the molecule is CCCCCC/C=C\C/C=C\CCCCCCCCCC(=O)OCCCC/C=C\CCCCCCCC(=O)NC(CO)C(O)/C=C/CCCCCCCCCCCCCCCCCCCCCCCCC. The Morgan fingerprint density at radius 3 is 1.10 bits per heavy atom. The minimum absolute atomic E-state index is 0.0400. The zero-order valence-corrected chi connectivity index (χ0v) is 47.5. The van der Waals surface area contributed by atoms with Gasteiger partial charge in [0.2, 0.25) is 5.91 Å². The Labute approximate surface area is 442 Å². The van der Waals surface area contributed by atoms with E-state index in [9.17, 15) is 19.8 Å². The first-order valence-electron chi connectivity index (χ1n) is 31.4. The smallest absolute Gasteiger partial charge is 0.305 e. The minimum Gasteiger partial charge on any atom is -0.466 e. The van der Waals surface area contributed by atoms with Gasteiger partial charge in [-0.05, 0) is 89.9 Å². The number of hydrogen-bond donors (Lipinski definition) is 3. The molecule has 0 rings (SSSR count). The molecule has 416 valence electrons. The Bertz CT molecular complexity index is 1190. The van der Waals surface area contributed by atoms with Gasteiger partial charge in [0.25, 0.3) is 0 Å². The molecule has 0 saturated carbocycles. The number of hydrogen-bond acceptors (Lipinski definition) is 5. The molecule has 2 atom stereocenters. The number of carbonyl (C=O) groups is 2. The average Bonchev–Trinajstić information content (AvgIpc) is 3.37. The van der Waals surface area contributed by atoms with Crippen molar-refractivity contribution in [3.8, 4) is 0 Å². The van der Waals surface area contributed by atoms with Gasteiger partial charge in [0.1, 0.15) is 0 Å². The molecule has 6 heteroatoms. The van der Waals surface area contributed by atoms with Crippen molar-refractivity contribution >= 4 is 11.9 Å². The lowest BCUT2D eigenvalue weighted by Gasteiger charge is -2.20. The number of unbranched alkanes of at least 4 members (excludes halogenated alkanes) is 41. The van der Waals surface area contributed by atoms with Crippen LogP contribution in [0.3, 0.4) is 0 Å². The fourth-order valence-electron chi connectivity index (χ4n) is 9.48. The molecule has 0 bridgehead atoms. The number of aliphatic hydroxyl groups excluding tert-OH is 2. The lowest BCUT2D eigenvalue weighted by molar-refractivity contribution is -0.143. The topological polar surface area (TPSA) is 95.9 Å². The number of amides is 1. The molecule has 0 aliphatic heterocycles. The molecular formula is C65H121NO5. The second kappa shape index (κ2) is 60.4. The third-order valence-electron chi connectivity index (χ3n) is 14.3. The van der Waals surface area contributed by atoms with Gasteiger partial charge in [0.15, 0.2) is 0 Å².